The van der Waals surface area contributed by atoms with E-state index in [0.29, 0.717) is 62.6 Å². The van der Waals surface area contributed by atoms with E-state index in [1.54, 1.807) is 23.1 Å². The first kappa shape index (κ1) is 29.9. The maximum atomic E-state index is 14.4. The summed E-state index contributed by atoms with van der Waals surface area (Å²) in [5, 5.41) is 5.60. The third-order valence-corrected chi connectivity index (χ3v) is 8.87. The predicted molar refractivity (Wildman–Crippen MR) is 159 cm³/mol. The molecule has 2 N–H and O–H groups in total. The van der Waals surface area contributed by atoms with E-state index in [0.717, 1.165) is 11.8 Å². The Bertz CT molecular complexity index is 1620. The minimum atomic E-state index is -2.91. The molecule has 1 aromatic carbocycles. The molecule has 9 nitrogen and oxygen atoms in total. The van der Waals surface area contributed by atoms with Crippen LogP contribution in [0.4, 0.5) is 30.5 Å². The molecule has 230 valence electrons. The number of hydrogen-bond donors (Lipinski definition) is 2. The minimum absolute atomic E-state index is 0.0872. The Kier molecular flexibility index (Phi) is 7.95. The summed E-state index contributed by atoms with van der Waals surface area (Å²) in [6.45, 7) is 2.55. The van der Waals surface area contributed by atoms with Crippen LogP contribution in [-0.4, -0.2) is 53.4 Å². The summed E-state index contributed by atoms with van der Waals surface area (Å²) in [6.07, 6.45) is 0.749. The van der Waals surface area contributed by atoms with Gasteiger partial charge in [-0.05, 0) is 67.5 Å². The summed E-state index contributed by atoms with van der Waals surface area (Å²) in [5.74, 6) is -0.237. The third kappa shape index (κ3) is 5.58. The van der Waals surface area contributed by atoms with Gasteiger partial charge in [-0.2, -0.15) is 0 Å². The average molecular weight is 627 g/mol. The van der Waals surface area contributed by atoms with E-state index >= 15 is 0 Å². The zero-order valence-electron chi connectivity index (χ0n) is 23.8. The van der Waals surface area contributed by atoms with Gasteiger partial charge in [0.25, 0.3) is 12.3 Å². The lowest BCUT2D eigenvalue weighted by atomic mass is 9.74. The quantitative estimate of drug-likeness (QED) is 0.371. The van der Waals surface area contributed by atoms with Crippen LogP contribution >= 0.6 is 11.6 Å². The highest BCUT2D eigenvalue weighted by Crippen LogP contribution is 2.49. The summed E-state index contributed by atoms with van der Waals surface area (Å²) >= 11 is 5.90. The van der Waals surface area contributed by atoms with Crippen molar-refractivity contribution < 1.29 is 27.6 Å². The number of hydrogen-bond acceptors (Lipinski definition) is 6. The topological polar surface area (TPSA) is 108 Å². The molecule has 0 atom stereocenters. The zero-order valence-corrected chi connectivity index (χ0v) is 24.6. The number of carbonyl (C=O) groups is 3. The van der Waals surface area contributed by atoms with Crippen LogP contribution in [0.3, 0.4) is 0 Å². The monoisotopic (exact) mass is 626 g/mol. The highest BCUT2D eigenvalue weighted by molar-refractivity contribution is 6.30. The molecule has 2 fully saturated rings. The molecule has 1 spiro atoms. The van der Waals surface area contributed by atoms with E-state index in [9.17, 15) is 27.6 Å². The standard InChI is InChI=1S/C31H30ClF3N6O3/c1-17(42)37-25-3-2-4-26(39-25)40-15-31(16-40)23-10-7-20(33)12-24(23)41(30(31)44)14-18-5-8-21(9-6-18)38-29(43)22-11-19(32)13-36-27(22)28(34)35/h2-4,7,10-13,18,21,28H,5-6,8-9,14-16H2,1H3,(H,38,43)(H,37,39,42). The second kappa shape index (κ2) is 11.7. The number of carbonyl (C=O) groups excluding carboxylic acids is 3. The molecule has 44 heavy (non-hydrogen) atoms. The Balaban J connectivity index is 1.11. The first-order valence-corrected chi connectivity index (χ1v) is 14.8. The molecule has 6 rings (SSSR count). The van der Waals surface area contributed by atoms with E-state index in [2.05, 4.69) is 20.6 Å². The smallest absolute Gasteiger partial charge is 0.281 e. The van der Waals surface area contributed by atoms with Gasteiger partial charge in [0.15, 0.2) is 0 Å². The van der Waals surface area contributed by atoms with E-state index in [-0.39, 0.29) is 34.4 Å². The Morgan fingerprint density at radius 1 is 1.11 bits per heavy atom. The maximum Gasteiger partial charge on any atom is 0.281 e. The molecule has 3 aliphatic rings. The van der Waals surface area contributed by atoms with Crippen LogP contribution in [0.1, 0.15) is 60.6 Å². The van der Waals surface area contributed by atoms with Gasteiger partial charge in [-0.1, -0.05) is 23.7 Å². The third-order valence-electron chi connectivity index (χ3n) is 8.66. The number of fused-ring (bicyclic) bond motifs is 2. The maximum absolute atomic E-state index is 14.4. The number of nitrogens with zero attached hydrogens (tertiary/aromatic N) is 4. The Morgan fingerprint density at radius 2 is 1.86 bits per heavy atom. The summed E-state index contributed by atoms with van der Waals surface area (Å²) in [7, 11) is 0. The van der Waals surface area contributed by atoms with E-state index in [4.69, 9.17) is 11.6 Å². The minimum Gasteiger partial charge on any atom is -0.354 e. The average Bonchev–Trinajstić information content (AvgIpc) is 3.19. The van der Waals surface area contributed by atoms with Gasteiger partial charge in [-0.15, -0.1) is 0 Å². The van der Waals surface area contributed by atoms with Crippen LogP contribution in [0, 0.1) is 11.7 Å². The lowest BCUT2D eigenvalue weighted by molar-refractivity contribution is -0.124. The van der Waals surface area contributed by atoms with Crippen molar-refractivity contribution in [1.82, 2.24) is 15.3 Å². The number of rotatable bonds is 7. The van der Waals surface area contributed by atoms with E-state index < -0.39 is 29.3 Å². The number of halogens is 4. The van der Waals surface area contributed by atoms with Crippen molar-refractivity contribution in [3.8, 4) is 0 Å². The molecular formula is C31H30ClF3N6O3. The van der Waals surface area contributed by atoms with Crippen molar-refractivity contribution in [3.63, 3.8) is 0 Å². The van der Waals surface area contributed by atoms with Crippen molar-refractivity contribution in [1.29, 1.82) is 0 Å². The van der Waals surface area contributed by atoms with E-state index in [1.165, 1.54) is 25.1 Å². The van der Waals surface area contributed by atoms with Crippen LogP contribution in [-0.2, 0) is 15.0 Å². The fraction of sp³-hybridized carbons (Fsp3) is 0.387. The van der Waals surface area contributed by atoms with Crippen LogP contribution in [0.5, 0.6) is 0 Å². The molecule has 1 saturated carbocycles. The lowest BCUT2D eigenvalue weighted by Gasteiger charge is -2.47. The second-order valence-electron chi connectivity index (χ2n) is 11.7. The van der Waals surface area contributed by atoms with Crippen molar-refractivity contribution in [3.05, 3.63) is 76.3 Å². The lowest BCUT2D eigenvalue weighted by Crippen LogP contribution is -2.64. The number of pyridine rings is 2. The first-order valence-electron chi connectivity index (χ1n) is 14.4. The highest BCUT2D eigenvalue weighted by Gasteiger charge is 2.58. The SMILES string of the molecule is CC(=O)Nc1cccc(N2CC3(C2)C(=O)N(CC2CCC(NC(=O)c4cc(Cl)cnc4C(F)F)CC2)c2cc(F)ccc23)n1. The molecule has 3 aromatic rings. The number of nitrogens with one attached hydrogen (secondary N) is 2. The van der Waals surface area contributed by atoms with Crippen LogP contribution in [0.25, 0.3) is 0 Å². The largest absolute Gasteiger partial charge is 0.354 e. The van der Waals surface area contributed by atoms with Gasteiger partial charge in [0.1, 0.15) is 28.6 Å². The van der Waals surface area contributed by atoms with Crippen LogP contribution in [0.15, 0.2) is 48.7 Å². The second-order valence-corrected chi connectivity index (χ2v) is 12.1. The Hall–Kier alpha value is -4.19. The van der Waals surface area contributed by atoms with Gasteiger partial charge in [0.2, 0.25) is 11.8 Å². The first-order chi connectivity index (χ1) is 21.0. The van der Waals surface area contributed by atoms with Crippen LogP contribution in [0.2, 0.25) is 5.02 Å². The van der Waals surface area contributed by atoms with Gasteiger partial charge < -0.3 is 20.4 Å². The normalized spacial score (nSPS) is 20.5. The number of anilines is 3. The van der Waals surface area contributed by atoms with Crippen molar-refractivity contribution in [2.24, 2.45) is 5.92 Å². The Morgan fingerprint density at radius 3 is 2.57 bits per heavy atom. The fourth-order valence-corrected chi connectivity index (χ4v) is 6.69. The molecule has 2 aromatic heterocycles. The summed E-state index contributed by atoms with van der Waals surface area (Å²) < 4.78 is 41.2. The highest BCUT2D eigenvalue weighted by atomic mass is 35.5. The summed E-state index contributed by atoms with van der Waals surface area (Å²) in [4.78, 5) is 50.0. The van der Waals surface area contributed by atoms with Gasteiger partial charge in [0, 0.05) is 38.8 Å². The number of aromatic nitrogens is 2. The molecule has 1 aliphatic carbocycles. The number of amides is 3. The van der Waals surface area contributed by atoms with Crippen molar-refractivity contribution in [2.45, 2.75) is 50.5 Å². The zero-order chi connectivity index (χ0) is 31.2. The van der Waals surface area contributed by atoms with E-state index in [1.807, 2.05) is 11.0 Å². The Labute approximate surface area is 256 Å². The molecule has 2 aliphatic heterocycles. The summed E-state index contributed by atoms with van der Waals surface area (Å²) in [6, 6.07) is 10.7. The fourth-order valence-electron chi connectivity index (χ4n) is 6.54. The molecule has 0 unspecified atom stereocenters. The number of alkyl halides is 2. The van der Waals surface area contributed by atoms with Gasteiger partial charge >= 0.3 is 0 Å². The molecular weight excluding hydrogens is 597 g/mol. The molecule has 0 radical (unpaired) electrons. The van der Waals surface area contributed by atoms with Crippen LogP contribution < -0.4 is 20.4 Å². The van der Waals surface area contributed by atoms with Gasteiger partial charge in [-0.3, -0.25) is 19.4 Å². The van der Waals surface area contributed by atoms with Gasteiger partial charge in [0.05, 0.1) is 16.3 Å². The number of benzene rings is 1. The van der Waals surface area contributed by atoms with Crippen molar-refractivity contribution >= 4 is 46.6 Å². The van der Waals surface area contributed by atoms with Gasteiger partial charge in [-0.25, -0.2) is 18.2 Å². The molecule has 3 amide bonds. The van der Waals surface area contributed by atoms with Crippen molar-refractivity contribution in [2.75, 3.05) is 34.8 Å². The molecule has 4 heterocycles. The molecule has 13 heteroatoms. The molecule has 1 saturated heterocycles. The molecule has 0 bridgehead atoms. The summed E-state index contributed by atoms with van der Waals surface area (Å²) in [5.41, 5.74) is -0.332. The predicted octanol–water partition coefficient (Wildman–Crippen LogP) is 5.26.